The van der Waals surface area contributed by atoms with Crippen LogP contribution >= 0.6 is 0 Å². The summed E-state index contributed by atoms with van der Waals surface area (Å²) in [6.45, 7) is 31.2. The number of likely N-dealkylation sites (N-methyl/N-ethyl adjacent to an activating group) is 1. The van der Waals surface area contributed by atoms with E-state index in [-0.39, 0.29) is 39.0 Å². The molecule has 1 amide bonds. The van der Waals surface area contributed by atoms with Crippen molar-refractivity contribution in [1.29, 1.82) is 0 Å². The van der Waals surface area contributed by atoms with Gasteiger partial charge >= 0.3 is 0 Å². The summed E-state index contributed by atoms with van der Waals surface area (Å²) < 4.78 is 20.8. The number of allylic oxidation sites excluding steroid dienone is 4. The normalized spacial score (nSPS) is 33.4. The summed E-state index contributed by atoms with van der Waals surface area (Å²) in [4.78, 5) is 15.0. The summed E-state index contributed by atoms with van der Waals surface area (Å²) in [6.07, 6.45) is 12.2. The quantitative estimate of drug-likeness (QED) is 0.195. The van der Waals surface area contributed by atoms with Crippen LogP contribution in [0.25, 0.3) is 0 Å². The van der Waals surface area contributed by atoms with E-state index in [0.29, 0.717) is 18.4 Å². The van der Waals surface area contributed by atoms with Gasteiger partial charge in [0.1, 0.15) is 0 Å². The Morgan fingerprint density at radius 3 is 2.11 bits per heavy atom. The van der Waals surface area contributed by atoms with Gasteiger partial charge in [-0.25, -0.2) is 0 Å². The highest BCUT2D eigenvalue weighted by Crippen LogP contribution is 2.65. The maximum Gasteiger partial charge on any atom is 0.255 e. The fourth-order valence-electron chi connectivity index (χ4n) is 8.11. The van der Waals surface area contributed by atoms with E-state index in [1.54, 1.807) is 10.5 Å². The lowest BCUT2D eigenvalue weighted by Gasteiger charge is -2.59. The number of carbonyl (C=O) groups is 1. The number of hydrogen-bond donors (Lipinski definition) is 0. The Bertz CT molecular complexity index is 1200. The molecule has 1 unspecified atom stereocenters. The van der Waals surface area contributed by atoms with Gasteiger partial charge in [-0.1, -0.05) is 84.8 Å². The summed E-state index contributed by atoms with van der Waals surface area (Å²) in [7, 11) is -0.320. The van der Waals surface area contributed by atoms with Gasteiger partial charge in [0.2, 0.25) is 0 Å². The van der Waals surface area contributed by atoms with Gasteiger partial charge < -0.3 is 18.5 Å². The lowest BCUT2D eigenvalue weighted by atomic mass is 9.49. The Labute approximate surface area is 272 Å². The molecule has 2 saturated carbocycles. The van der Waals surface area contributed by atoms with Crippen LogP contribution in [-0.2, 0) is 18.4 Å². The van der Waals surface area contributed by atoms with Crippen LogP contribution in [0.3, 0.4) is 0 Å². The zero-order chi connectivity index (χ0) is 33.3. The van der Waals surface area contributed by atoms with E-state index in [1.165, 1.54) is 11.1 Å². The summed E-state index contributed by atoms with van der Waals surface area (Å²) in [5, 5.41) is 0.308. The number of carbonyl (C=O) groups excluding carboxylic acids is 1. The average molecular weight is 644 g/mol. The highest BCUT2D eigenvalue weighted by atomic mass is 28.4. The van der Waals surface area contributed by atoms with Crippen molar-refractivity contribution < 1.29 is 18.4 Å². The van der Waals surface area contributed by atoms with Gasteiger partial charge in [0.15, 0.2) is 22.7 Å². The Balaban J connectivity index is 1.74. The standard InChI is InChI=1S/C37H65NO4Si2/c1-16-40-32(33(39)38(10)11)30-20-19-28-27-18-17-25-23-26(41-43(12,13)34(2,3)4)24-31(42-44(14,15)35(5,6)7)37(25,9)29(27)21-22-36(28,30)8/h17-18,20,26,28-29,31-32H,16,19,21-24H2,1-15H3/t26-,28+,29+,31+,32?,36+,37+/m1/s1. The fraction of sp³-hybridized carbons (Fsp3) is 0.811. The second kappa shape index (κ2) is 11.9. The zero-order valence-electron chi connectivity index (χ0n) is 30.9. The second-order valence-electron chi connectivity index (χ2n) is 18.0. The van der Waals surface area contributed by atoms with Crippen molar-refractivity contribution in [2.75, 3.05) is 20.7 Å². The van der Waals surface area contributed by atoms with Crippen molar-refractivity contribution in [3.8, 4) is 0 Å². The highest BCUT2D eigenvalue weighted by Gasteiger charge is 2.60. The van der Waals surface area contributed by atoms with Crippen molar-refractivity contribution in [3.05, 3.63) is 34.9 Å². The Morgan fingerprint density at radius 1 is 0.977 bits per heavy atom. The van der Waals surface area contributed by atoms with E-state index in [1.807, 2.05) is 21.0 Å². The van der Waals surface area contributed by atoms with Gasteiger partial charge in [0, 0.05) is 26.1 Å². The minimum Gasteiger partial charge on any atom is -0.414 e. The Morgan fingerprint density at radius 2 is 1.57 bits per heavy atom. The third kappa shape index (κ3) is 6.07. The minimum atomic E-state index is -2.06. The first-order chi connectivity index (χ1) is 20.0. The van der Waals surface area contributed by atoms with Gasteiger partial charge in [-0.2, -0.15) is 0 Å². The predicted molar refractivity (Wildman–Crippen MR) is 189 cm³/mol. The number of fused-ring (bicyclic) bond motifs is 5. The smallest absolute Gasteiger partial charge is 0.255 e. The largest absolute Gasteiger partial charge is 0.414 e. The number of hydrogen-bond acceptors (Lipinski definition) is 4. The van der Waals surface area contributed by atoms with E-state index >= 15 is 0 Å². The van der Waals surface area contributed by atoms with Crippen molar-refractivity contribution in [2.45, 2.75) is 149 Å². The number of amides is 1. The van der Waals surface area contributed by atoms with E-state index < -0.39 is 22.7 Å². The first-order valence-electron chi connectivity index (χ1n) is 17.3. The molecule has 0 saturated heterocycles. The maximum atomic E-state index is 13.3. The molecule has 7 heteroatoms. The molecule has 2 fully saturated rings. The summed E-state index contributed by atoms with van der Waals surface area (Å²) in [5.41, 5.74) is 4.15. The maximum absolute atomic E-state index is 13.3. The molecule has 0 spiro atoms. The van der Waals surface area contributed by atoms with Crippen LogP contribution in [0.1, 0.15) is 94.4 Å². The molecule has 4 aliphatic rings. The third-order valence-electron chi connectivity index (χ3n) is 13.0. The highest BCUT2D eigenvalue weighted by molar-refractivity contribution is 6.74. The van der Waals surface area contributed by atoms with Gasteiger partial charge in [-0.3, -0.25) is 4.79 Å². The lowest BCUT2D eigenvalue weighted by Crippen LogP contribution is -2.58. The van der Waals surface area contributed by atoms with Crippen molar-refractivity contribution >= 4 is 22.5 Å². The van der Waals surface area contributed by atoms with E-state index in [2.05, 4.69) is 99.8 Å². The molecule has 0 aromatic rings. The molecule has 7 atom stereocenters. The number of rotatable bonds is 8. The summed E-state index contributed by atoms with van der Waals surface area (Å²) >= 11 is 0. The van der Waals surface area contributed by atoms with Gasteiger partial charge in [-0.05, 0) is 98.1 Å². The van der Waals surface area contributed by atoms with Crippen LogP contribution in [0.5, 0.6) is 0 Å². The SMILES string of the molecule is CCOC(C(=O)N(C)C)C1=CC[C@H]2C3=CC=C4C[C@@H](O[Si](C)(C)C(C)(C)C)C[C@H](O[Si](C)(C)C(C)(C)C)[C@]4(C)[C@H]3CC[C@]12C. The molecule has 0 bridgehead atoms. The molecule has 4 aliphatic carbocycles. The van der Waals surface area contributed by atoms with Crippen LogP contribution in [0.4, 0.5) is 0 Å². The molecule has 0 aromatic carbocycles. The minimum absolute atomic E-state index is 0.0526. The lowest BCUT2D eigenvalue weighted by molar-refractivity contribution is -0.139. The molecule has 5 nitrogen and oxygen atoms in total. The molecule has 0 radical (unpaired) electrons. The molecule has 44 heavy (non-hydrogen) atoms. The Kier molecular flexibility index (Phi) is 9.70. The molecule has 0 N–H and O–H groups in total. The number of nitrogens with zero attached hydrogens (tertiary/aromatic N) is 1. The van der Waals surface area contributed by atoms with Crippen molar-refractivity contribution in [2.24, 2.45) is 22.7 Å². The second-order valence-corrected chi connectivity index (χ2v) is 27.5. The van der Waals surface area contributed by atoms with E-state index in [0.717, 1.165) is 32.1 Å². The predicted octanol–water partition coefficient (Wildman–Crippen LogP) is 9.29. The van der Waals surface area contributed by atoms with E-state index in [4.69, 9.17) is 13.6 Å². The van der Waals surface area contributed by atoms with Crippen molar-refractivity contribution in [1.82, 2.24) is 4.90 Å². The molecule has 0 aromatic heterocycles. The topological polar surface area (TPSA) is 48.0 Å². The Hall–Kier alpha value is -0.996. The number of ether oxygens (including phenoxy) is 1. The van der Waals surface area contributed by atoms with Crippen LogP contribution < -0.4 is 0 Å². The van der Waals surface area contributed by atoms with Crippen LogP contribution in [-0.4, -0.2) is 66.5 Å². The third-order valence-corrected chi connectivity index (χ3v) is 22.1. The molecular weight excluding hydrogens is 579 g/mol. The van der Waals surface area contributed by atoms with E-state index in [9.17, 15) is 4.79 Å². The monoisotopic (exact) mass is 643 g/mol. The van der Waals surface area contributed by atoms with Crippen LogP contribution in [0.2, 0.25) is 36.3 Å². The molecule has 4 rings (SSSR count). The van der Waals surface area contributed by atoms with Crippen molar-refractivity contribution in [3.63, 3.8) is 0 Å². The molecule has 0 aliphatic heterocycles. The average Bonchev–Trinajstić information content (AvgIpc) is 3.22. The zero-order valence-corrected chi connectivity index (χ0v) is 32.9. The summed E-state index contributed by atoms with van der Waals surface area (Å²) in [6, 6.07) is 0. The fourth-order valence-corrected chi connectivity index (χ4v) is 10.9. The van der Waals surface area contributed by atoms with Gasteiger partial charge in [0.25, 0.3) is 5.91 Å². The molecule has 0 heterocycles. The van der Waals surface area contributed by atoms with Gasteiger partial charge in [-0.15, -0.1) is 0 Å². The molecular formula is C37H65NO4Si2. The first-order valence-corrected chi connectivity index (χ1v) is 23.1. The van der Waals surface area contributed by atoms with Crippen LogP contribution in [0.15, 0.2) is 34.9 Å². The van der Waals surface area contributed by atoms with Gasteiger partial charge in [0.05, 0.1) is 12.2 Å². The molecule has 250 valence electrons. The first kappa shape index (κ1) is 35.9. The summed E-state index contributed by atoms with van der Waals surface area (Å²) in [5.74, 6) is 0.877. The van der Waals surface area contributed by atoms with Crippen LogP contribution in [0, 0.1) is 22.7 Å².